The Labute approximate surface area is 192 Å². The average molecular weight is 712 g/mol. The third kappa shape index (κ3) is 4.49. The van der Waals surface area contributed by atoms with E-state index in [2.05, 4.69) is 11.4 Å². The fourth-order valence-electron chi connectivity index (χ4n) is 4.26. The molecule has 2 aliphatic heterocycles. The summed E-state index contributed by atoms with van der Waals surface area (Å²) in [5.41, 5.74) is 0.145. The van der Waals surface area contributed by atoms with Crippen LogP contribution in [0, 0.1) is 17.4 Å². The molecule has 1 atom stereocenters. The van der Waals surface area contributed by atoms with Crippen molar-refractivity contribution in [1.29, 1.82) is 0 Å². The molecule has 0 bridgehead atoms. The molecular weight excluding hydrogens is 685 g/mol. The van der Waals surface area contributed by atoms with Crippen molar-refractivity contribution < 1.29 is 23.9 Å². The molecule has 1 aromatic carbocycles. The zero-order chi connectivity index (χ0) is 23.3. The fraction of sp³-hybridized carbons (Fsp3) is 0.565. The third-order valence-electron chi connectivity index (χ3n) is 6.32. The smallest absolute Gasteiger partial charge is 0.327 e. The molecule has 1 saturated heterocycles. The molecular formula is C23H27CfClN3O5-. The van der Waals surface area contributed by atoms with Gasteiger partial charge in [0.1, 0.15) is 5.54 Å². The molecule has 1 unspecified atom stereocenters. The van der Waals surface area contributed by atoms with E-state index in [0.717, 1.165) is 28.9 Å². The summed E-state index contributed by atoms with van der Waals surface area (Å²) in [6.45, 7) is 5.61. The van der Waals surface area contributed by atoms with Crippen LogP contribution in [-0.2, 0) is 32.2 Å². The van der Waals surface area contributed by atoms with Crippen LogP contribution >= 0.6 is 11.6 Å². The minimum atomic E-state index is -1.12. The van der Waals surface area contributed by atoms with Crippen molar-refractivity contribution >= 4 is 35.4 Å². The molecule has 8 nitrogen and oxygen atoms in total. The van der Waals surface area contributed by atoms with Gasteiger partial charge in [0.25, 0.3) is 5.91 Å². The topological polar surface area (TPSA) is 96.0 Å². The summed E-state index contributed by atoms with van der Waals surface area (Å²) >= 11 is 6.00. The van der Waals surface area contributed by atoms with E-state index in [9.17, 15) is 19.2 Å². The Morgan fingerprint density at radius 3 is 2.55 bits per heavy atom. The van der Waals surface area contributed by atoms with Crippen LogP contribution in [0.4, 0.5) is 4.79 Å². The predicted octanol–water partition coefficient (Wildman–Crippen LogP) is 3.01. The summed E-state index contributed by atoms with van der Waals surface area (Å²) in [5, 5.41) is 3.33. The molecule has 10 heteroatoms. The third-order valence-corrected chi connectivity index (χ3v) is 6.54. The summed E-state index contributed by atoms with van der Waals surface area (Å²) in [7, 11) is 0. The van der Waals surface area contributed by atoms with Gasteiger partial charge >= 0.3 is 12.0 Å². The van der Waals surface area contributed by atoms with E-state index in [-0.39, 0.29) is 24.7 Å². The average Bonchev–Trinajstić information content (AvgIpc) is 3.44. The van der Waals surface area contributed by atoms with Crippen LogP contribution < -0.4 is 5.32 Å². The van der Waals surface area contributed by atoms with Gasteiger partial charge in [0, 0.05) is 19.5 Å². The molecule has 33 heavy (non-hydrogen) atoms. The monoisotopic (exact) mass is 709 g/mol. The molecule has 0 radical (unpaired) electrons. The number of ether oxygens (including phenoxy) is 1. The zero-order valence-electron chi connectivity index (χ0n) is 18.8. The van der Waals surface area contributed by atoms with Gasteiger partial charge in [-0.3, -0.25) is 14.4 Å². The second kappa shape index (κ2) is 8.39. The van der Waals surface area contributed by atoms with Crippen LogP contribution in [-0.4, -0.2) is 45.9 Å². The van der Waals surface area contributed by atoms with Gasteiger partial charge in [-0.25, -0.2) is 9.69 Å². The minimum Gasteiger partial charge on any atom is -0.443 e. The largest absolute Gasteiger partial charge is 0.443 e. The number of carbonyl (C=O) groups is 4. The van der Waals surface area contributed by atoms with Crippen molar-refractivity contribution in [2.24, 2.45) is 11.3 Å². The summed E-state index contributed by atoms with van der Waals surface area (Å²) in [6.07, 6.45) is 1.95. The molecule has 4 amide bonds. The number of benzene rings is 1. The Balaban J connectivity index is 0.00000306. The Hall–Kier alpha value is -3.61. The fourth-order valence-corrected chi connectivity index (χ4v) is 4.45. The van der Waals surface area contributed by atoms with Gasteiger partial charge in [0.05, 0.1) is 5.41 Å². The van der Waals surface area contributed by atoms with E-state index < -0.39 is 35.6 Å². The molecule has 0 aromatic heterocycles. The Kier molecular flexibility index (Phi) is 6.11. The molecule has 182 valence electrons. The maximum absolute atomic E-state index is 13.2. The normalized spacial score (nSPS) is 22.1. The Bertz CT molecular complexity index is 991. The van der Waals surface area contributed by atoms with Crippen molar-refractivity contribution in [2.75, 3.05) is 6.73 Å². The van der Waals surface area contributed by atoms with Crippen LogP contribution in [0.25, 0.3) is 0 Å². The number of urea groups is 1. The molecule has 1 saturated carbocycles. The standard InChI is InChI=1S/C23H27ClN3O5.Cf/c1-22(2,3)20(30)32-13-27-19(29)23(16-5-6-16,25-21(27)31)9-8-18(28)26-11-14-4-7-17(24)10-15(14)12-26;/h4,10,16H,5-6,8-9,11-13H2,1-3H3,(H,25,31);/q-1;. The van der Waals surface area contributed by atoms with Crippen LogP contribution in [0.15, 0.2) is 12.1 Å². The summed E-state index contributed by atoms with van der Waals surface area (Å²) in [4.78, 5) is 53.4. The Morgan fingerprint density at radius 2 is 1.91 bits per heavy atom. The number of halogens is 1. The summed E-state index contributed by atoms with van der Waals surface area (Å²) in [5.74, 6) is -1.02. The van der Waals surface area contributed by atoms with Gasteiger partial charge in [-0.15, -0.1) is 28.8 Å². The molecule has 3 aliphatic rings. The van der Waals surface area contributed by atoms with E-state index in [4.69, 9.17) is 16.3 Å². The maximum atomic E-state index is 13.2. The molecule has 1 N–H and O–H groups in total. The molecule has 4 rings (SSSR count). The molecule has 2 heterocycles. The van der Waals surface area contributed by atoms with E-state index in [0.29, 0.717) is 18.1 Å². The van der Waals surface area contributed by atoms with Crippen LogP contribution in [0.3, 0.4) is 0 Å². The van der Waals surface area contributed by atoms with Gasteiger partial charge in [-0.2, -0.15) is 12.1 Å². The second-order valence-electron chi connectivity index (χ2n) is 9.80. The molecule has 1 aromatic rings. The number of carbonyl (C=O) groups excluding carboxylic acids is 4. The number of fused-ring (bicyclic) bond motifs is 1. The predicted molar refractivity (Wildman–Crippen MR) is 115 cm³/mol. The van der Waals surface area contributed by atoms with Crippen LogP contribution in [0.1, 0.15) is 57.6 Å². The Morgan fingerprint density at radius 1 is 1.24 bits per heavy atom. The van der Waals surface area contributed by atoms with Crippen molar-refractivity contribution in [3.63, 3.8) is 0 Å². The van der Waals surface area contributed by atoms with E-state index >= 15 is 0 Å². The first-order valence-corrected chi connectivity index (χ1v) is 11.2. The van der Waals surface area contributed by atoms with E-state index in [1.54, 1.807) is 31.7 Å². The first-order valence-electron chi connectivity index (χ1n) is 10.8. The number of imide groups is 1. The number of amides is 4. The number of hydrogen-bond acceptors (Lipinski definition) is 5. The van der Waals surface area contributed by atoms with Crippen LogP contribution in [0.2, 0.25) is 5.02 Å². The van der Waals surface area contributed by atoms with E-state index in [1.807, 2.05) is 6.07 Å². The van der Waals surface area contributed by atoms with Gasteiger partial charge < -0.3 is 15.0 Å². The maximum Gasteiger partial charge on any atom is 0.327 e. The molecule has 1 aliphatic carbocycles. The second-order valence-corrected chi connectivity index (χ2v) is 10.2. The summed E-state index contributed by atoms with van der Waals surface area (Å²) < 4.78 is 5.19. The van der Waals surface area contributed by atoms with Gasteiger partial charge in [-0.05, 0) is 46.0 Å². The minimum absolute atomic E-state index is 0. The van der Waals surface area contributed by atoms with Crippen molar-refractivity contribution in [3.05, 3.63) is 34.3 Å². The van der Waals surface area contributed by atoms with Crippen molar-refractivity contribution in [1.82, 2.24) is 15.1 Å². The van der Waals surface area contributed by atoms with Crippen LogP contribution in [0.5, 0.6) is 0 Å². The number of nitrogens with zero attached hydrogens (tertiary/aromatic N) is 2. The summed E-state index contributed by atoms with van der Waals surface area (Å²) in [6, 6.07) is 5.96. The molecule has 2 fully saturated rings. The van der Waals surface area contributed by atoms with E-state index in [1.165, 1.54) is 0 Å². The first-order chi connectivity index (χ1) is 15.0. The number of esters is 1. The number of hydrogen-bond donors (Lipinski definition) is 1. The van der Waals surface area contributed by atoms with Gasteiger partial charge in [0.15, 0.2) is 6.73 Å². The van der Waals surface area contributed by atoms with Crippen molar-refractivity contribution in [3.8, 4) is 0 Å². The zero-order valence-corrected chi connectivity index (χ0v) is 22.2. The first kappa shape index (κ1) is 24.0. The quantitative estimate of drug-likeness (QED) is 0.278. The SMILES string of the molecule is CC(C)(C)C(=O)OCN1C(=O)NC(CCC(=O)N2Cc3c[c-]c(Cl)cc3C2)(C2CC2)C1=O.[Cf]. The number of rotatable bonds is 6. The molecule has 0 spiro atoms. The van der Waals surface area contributed by atoms with Gasteiger partial charge in [-0.1, -0.05) is 5.02 Å². The van der Waals surface area contributed by atoms with Gasteiger partial charge in [0.2, 0.25) is 5.91 Å². The van der Waals surface area contributed by atoms with Crippen molar-refractivity contribution in [2.45, 2.75) is 65.1 Å². The number of nitrogens with one attached hydrogen (secondary N) is 1.